The van der Waals surface area contributed by atoms with Gasteiger partial charge in [-0.15, -0.1) is 0 Å². The van der Waals surface area contributed by atoms with Crippen LogP contribution in [0.2, 0.25) is 0 Å². The molecule has 0 bridgehead atoms. The van der Waals surface area contributed by atoms with E-state index in [-0.39, 0.29) is 11.9 Å². The van der Waals surface area contributed by atoms with Gasteiger partial charge >= 0.3 is 0 Å². The Morgan fingerprint density at radius 1 is 1.47 bits per heavy atom. The molecule has 1 aliphatic heterocycles. The first-order valence-corrected chi connectivity index (χ1v) is 6.83. The van der Waals surface area contributed by atoms with Gasteiger partial charge in [-0.2, -0.15) is 0 Å². The van der Waals surface area contributed by atoms with Gasteiger partial charge in [0.15, 0.2) is 0 Å². The highest BCUT2D eigenvalue weighted by molar-refractivity contribution is 5.81. The molecule has 0 aliphatic carbocycles. The summed E-state index contributed by atoms with van der Waals surface area (Å²) < 4.78 is 0. The Balaban J connectivity index is 2.22. The maximum atomic E-state index is 11.7. The Morgan fingerprint density at radius 2 is 2.12 bits per heavy atom. The van der Waals surface area contributed by atoms with Gasteiger partial charge in [0.1, 0.15) is 0 Å². The first-order chi connectivity index (χ1) is 8.15. The monoisotopic (exact) mass is 241 g/mol. The zero-order valence-corrected chi connectivity index (χ0v) is 11.5. The molecule has 1 heterocycles. The number of carbonyl (C=O) groups excluding carboxylic acids is 1. The maximum Gasteiger partial charge on any atom is 0.237 e. The van der Waals surface area contributed by atoms with Crippen LogP contribution in [-0.2, 0) is 4.79 Å². The molecule has 2 N–H and O–H groups in total. The SMILES string of the molecule is CCNC(=O)C(C)N(C)CCC1CCNCC1. The third kappa shape index (κ3) is 5.04. The Bertz CT molecular complexity index is 227. The van der Waals surface area contributed by atoms with Crippen molar-refractivity contribution in [2.24, 2.45) is 5.92 Å². The minimum Gasteiger partial charge on any atom is -0.355 e. The van der Waals surface area contributed by atoms with E-state index in [1.807, 2.05) is 20.9 Å². The number of carbonyl (C=O) groups is 1. The fraction of sp³-hybridized carbons (Fsp3) is 0.923. The standard InChI is InChI=1S/C13H27N3O/c1-4-15-13(17)11(2)16(3)10-7-12-5-8-14-9-6-12/h11-12,14H,4-10H2,1-3H3,(H,15,17). The molecule has 0 aromatic heterocycles. The van der Waals surface area contributed by atoms with Crippen LogP contribution in [0.4, 0.5) is 0 Å². The number of nitrogens with zero attached hydrogens (tertiary/aromatic N) is 1. The molecule has 100 valence electrons. The van der Waals surface area contributed by atoms with E-state index < -0.39 is 0 Å². The molecule has 0 aromatic rings. The first kappa shape index (κ1) is 14.5. The second kappa shape index (κ2) is 7.67. The molecule has 0 aromatic carbocycles. The molecule has 4 nitrogen and oxygen atoms in total. The Hall–Kier alpha value is -0.610. The third-order valence-electron chi connectivity index (χ3n) is 3.74. The van der Waals surface area contributed by atoms with Crippen molar-refractivity contribution in [3.8, 4) is 0 Å². The van der Waals surface area contributed by atoms with E-state index in [0.29, 0.717) is 6.54 Å². The van der Waals surface area contributed by atoms with E-state index in [0.717, 1.165) is 25.6 Å². The molecule has 1 saturated heterocycles. The molecule has 1 fully saturated rings. The normalized spacial score (nSPS) is 19.3. The lowest BCUT2D eigenvalue weighted by Gasteiger charge is -2.28. The molecule has 0 radical (unpaired) electrons. The highest BCUT2D eigenvalue weighted by atomic mass is 16.2. The van der Waals surface area contributed by atoms with Gasteiger partial charge in [0.25, 0.3) is 0 Å². The quantitative estimate of drug-likeness (QED) is 0.724. The third-order valence-corrected chi connectivity index (χ3v) is 3.74. The van der Waals surface area contributed by atoms with Crippen molar-refractivity contribution in [3.05, 3.63) is 0 Å². The molecule has 4 heteroatoms. The van der Waals surface area contributed by atoms with Crippen molar-refractivity contribution in [1.82, 2.24) is 15.5 Å². The number of rotatable bonds is 6. The van der Waals surface area contributed by atoms with Crippen molar-refractivity contribution in [2.45, 2.75) is 39.2 Å². The number of hydrogen-bond donors (Lipinski definition) is 2. The summed E-state index contributed by atoms with van der Waals surface area (Å²) in [5.41, 5.74) is 0. The van der Waals surface area contributed by atoms with E-state index in [1.54, 1.807) is 0 Å². The van der Waals surface area contributed by atoms with E-state index in [4.69, 9.17) is 0 Å². The number of hydrogen-bond acceptors (Lipinski definition) is 3. The Labute approximate surface area is 105 Å². The maximum absolute atomic E-state index is 11.7. The zero-order valence-electron chi connectivity index (χ0n) is 11.5. The minimum absolute atomic E-state index is 0.0170. The predicted octanol–water partition coefficient (Wildman–Crippen LogP) is 0.833. The zero-order chi connectivity index (χ0) is 12.7. The van der Waals surface area contributed by atoms with Gasteiger partial charge in [-0.05, 0) is 65.7 Å². The molecule has 1 atom stereocenters. The van der Waals surface area contributed by atoms with Crippen molar-refractivity contribution >= 4 is 5.91 Å². The van der Waals surface area contributed by atoms with Gasteiger partial charge in [-0.25, -0.2) is 0 Å². The van der Waals surface area contributed by atoms with Gasteiger partial charge in [0.05, 0.1) is 6.04 Å². The number of amides is 1. The van der Waals surface area contributed by atoms with Crippen LogP contribution in [0.3, 0.4) is 0 Å². The minimum atomic E-state index is -0.0170. The average Bonchev–Trinajstić information content (AvgIpc) is 2.36. The van der Waals surface area contributed by atoms with E-state index in [9.17, 15) is 4.79 Å². The number of piperidine rings is 1. The first-order valence-electron chi connectivity index (χ1n) is 6.83. The summed E-state index contributed by atoms with van der Waals surface area (Å²) in [6.45, 7) is 7.97. The fourth-order valence-electron chi connectivity index (χ4n) is 2.27. The molecule has 0 saturated carbocycles. The van der Waals surface area contributed by atoms with Gasteiger partial charge in [-0.3, -0.25) is 9.69 Å². The molecule has 1 rings (SSSR count). The summed E-state index contributed by atoms with van der Waals surface area (Å²) in [6, 6.07) is -0.0170. The molecule has 1 unspecified atom stereocenters. The Morgan fingerprint density at radius 3 is 2.71 bits per heavy atom. The molecule has 17 heavy (non-hydrogen) atoms. The van der Waals surface area contributed by atoms with Crippen molar-refractivity contribution in [2.75, 3.05) is 33.2 Å². The van der Waals surface area contributed by atoms with Gasteiger partial charge in [0, 0.05) is 6.54 Å². The smallest absolute Gasteiger partial charge is 0.237 e. The van der Waals surface area contributed by atoms with Crippen LogP contribution < -0.4 is 10.6 Å². The van der Waals surface area contributed by atoms with Crippen LogP contribution in [0.5, 0.6) is 0 Å². The van der Waals surface area contributed by atoms with Crippen molar-refractivity contribution < 1.29 is 4.79 Å². The lowest BCUT2D eigenvalue weighted by atomic mass is 9.94. The molecule has 0 spiro atoms. The van der Waals surface area contributed by atoms with Crippen LogP contribution in [0.25, 0.3) is 0 Å². The lowest BCUT2D eigenvalue weighted by Crippen LogP contribution is -2.44. The van der Waals surface area contributed by atoms with Gasteiger partial charge in [0.2, 0.25) is 5.91 Å². The number of likely N-dealkylation sites (N-methyl/N-ethyl adjacent to an activating group) is 2. The van der Waals surface area contributed by atoms with Crippen LogP contribution in [-0.4, -0.2) is 50.1 Å². The Kier molecular flexibility index (Phi) is 6.52. The lowest BCUT2D eigenvalue weighted by molar-refractivity contribution is -0.125. The summed E-state index contributed by atoms with van der Waals surface area (Å²) >= 11 is 0. The largest absolute Gasteiger partial charge is 0.355 e. The number of nitrogens with one attached hydrogen (secondary N) is 2. The topological polar surface area (TPSA) is 44.4 Å². The summed E-state index contributed by atoms with van der Waals surface area (Å²) in [4.78, 5) is 13.8. The molecular formula is C13H27N3O. The van der Waals surface area contributed by atoms with Crippen LogP contribution in [0.15, 0.2) is 0 Å². The summed E-state index contributed by atoms with van der Waals surface area (Å²) in [7, 11) is 2.04. The molecular weight excluding hydrogens is 214 g/mol. The summed E-state index contributed by atoms with van der Waals surface area (Å²) in [5, 5.41) is 6.26. The predicted molar refractivity (Wildman–Crippen MR) is 71.0 cm³/mol. The average molecular weight is 241 g/mol. The highest BCUT2D eigenvalue weighted by Crippen LogP contribution is 2.16. The van der Waals surface area contributed by atoms with E-state index >= 15 is 0 Å². The van der Waals surface area contributed by atoms with E-state index in [1.165, 1.54) is 19.3 Å². The second-order valence-corrected chi connectivity index (χ2v) is 5.03. The molecule has 1 amide bonds. The van der Waals surface area contributed by atoms with Gasteiger partial charge < -0.3 is 10.6 Å². The van der Waals surface area contributed by atoms with Crippen molar-refractivity contribution in [3.63, 3.8) is 0 Å². The molecule has 1 aliphatic rings. The second-order valence-electron chi connectivity index (χ2n) is 5.03. The van der Waals surface area contributed by atoms with Crippen LogP contribution in [0.1, 0.15) is 33.1 Å². The fourth-order valence-corrected chi connectivity index (χ4v) is 2.27. The van der Waals surface area contributed by atoms with Crippen LogP contribution in [0, 0.1) is 5.92 Å². The van der Waals surface area contributed by atoms with Crippen molar-refractivity contribution in [1.29, 1.82) is 0 Å². The summed E-state index contributed by atoms with van der Waals surface area (Å²) in [5.74, 6) is 0.973. The van der Waals surface area contributed by atoms with E-state index in [2.05, 4.69) is 15.5 Å². The summed E-state index contributed by atoms with van der Waals surface area (Å²) in [6.07, 6.45) is 3.77. The van der Waals surface area contributed by atoms with Gasteiger partial charge in [-0.1, -0.05) is 0 Å². The highest BCUT2D eigenvalue weighted by Gasteiger charge is 2.19. The van der Waals surface area contributed by atoms with Crippen LogP contribution >= 0.6 is 0 Å².